The lowest BCUT2D eigenvalue weighted by Gasteiger charge is -2.06. The molecule has 0 saturated heterocycles. The summed E-state index contributed by atoms with van der Waals surface area (Å²) in [6.45, 7) is 3.20. The van der Waals surface area contributed by atoms with Gasteiger partial charge in [0.15, 0.2) is 0 Å². The number of aromatic amines is 1. The maximum Gasteiger partial charge on any atom is 0.119 e. The first-order chi connectivity index (χ1) is 7.85. The third-order valence-corrected chi connectivity index (χ3v) is 2.51. The first-order valence-electron chi connectivity index (χ1n) is 5.44. The van der Waals surface area contributed by atoms with Crippen molar-refractivity contribution >= 4 is 0 Å². The molecule has 2 aromatic rings. The molecule has 0 saturated carbocycles. The number of benzene rings is 1. The average Bonchev–Trinajstić information content (AvgIpc) is 2.78. The second-order valence-electron chi connectivity index (χ2n) is 3.56. The van der Waals surface area contributed by atoms with Crippen molar-refractivity contribution in [3.8, 4) is 16.9 Å². The van der Waals surface area contributed by atoms with Crippen molar-refractivity contribution in [2.45, 2.75) is 13.5 Å². The number of nitrogens with two attached hydrogens (primary N) is 1. The summed E-state index contributed by atoms with van der Waals surface area (Å²) in [6, 6.07) is 8.05. The molecule has 3 N–H and O–H groups in total. The van der Waals surface area contributed by atoms with Crippen LogP contribution in [0.2, 0.25) is 0 Å². The van der Waals surface area contributed by atoms with Crippen molar-refractivity contribution < 1.29 is 4.74 Å². The predicted molar refractivity (Wildman–Crippen MR) is 65.3 cm³/mol. The van der Waals surface area contributed by atoms with E-state index in [1.54, 1.807) is 0 Å². The molecular formula is C13H16N2O. The van der Waals surface area contributed by atoms with Crippen molar-refractivity contribution in [1.82, 2.24) is 4.98 Å². The van der Waals surface area contributed by atoms with Crippen LogP contribution in [0.15, 0.2) is 36.7 Å². The average molecular weight is 216 g/mol. The van der Waals surface area contributed by atoms with Crippen molar-refractivity contribution in [3.05, 3.63) is 42.2 Å². The Morgan fingerprint density at radius 3 is 2.94 bits per heavy atom. The van der Waals surface area contributed by atoms with Gasteiger partial charge in [-0.2, -0.15) is 0 Å². The third-order valence-electron chi connectivity index (χ3n) is 2.51. The Kier molecular flexibility index (Phi) is 3.27. The minimum atomic E-state index is 0.539. The van der Waals surface area contributed by atoms with Crippen LogP contribution in [0.25, 0.3) is 11.1 Å². The molecule has 0 unspecified atom stereocenters. The number of hydrogen-bond donors (Lipinski definition) is 2. The Bertz CT molecular complexity index is 462. The molecule has 0 fully saturated rings. The fourth-order valence-electron chi connectivity index (χ4n) is 1.75. The molecule has 3 heteroatoms. The number of H-pyrrole nitrogens is 1. The normalized spacial score (nSPS) is 10.4. The van der Waals surface area contributed by atoms with E-state index in [9.17, 15) is 0 Å². The van der Waals surface area contributed by atoms with Gasteiger partial charge in [0, 0.05) is 24.5 Å². The van der Waals surface area contributed by atoms with Crippen LogP contribution in [-0.4, -0.2) is 11.6 Å². The largest absolute Gasteiger partial charge is 0.494 e. The van der Waals surface area contributed by atoms with E-state index in [0.29, 0.717) is 13.2 Å². The van der Waals surface area contributed by atoms with Crippen molar-refractivity contribution in [2.75, 3.05) is 6.61 Å². The lowest BCUT2D eigenvalue weighted by atomic mass is 10.0. The minimum absolute atomic E-state index is 0.539. The van der Waals surface area contributed by atoms with E-state index in [1.165, 1.54) is 0 Å². The van der Waals surface area contributed by atoms with Gasteiger partial charge in [-0.25, -0.2) is 0 Å². The van der Waals surface area contributed by atoms with E-state index in [2.05, 4.69) is 11.1 Å². The Labute approximate surface area is 95.2 Å². The zero-order chi connectivity index (χ0) is 11.4. The molecule has 0 bridgehead atoms. The second kappa shape index (κ2) is 4.86. The summed E-state index contributed by atoms with van der Waals surface area (Å²) in [6.07, 6.45) is 3.90. The van der Waals surface area contributed by atoms with Gasteiger partial charge in [-0.1, -0.05) is 12.1 Å². The highest BCUT2D eigenvalue weighted by molar-refractivity contribution is 5.68. The van der Waals surface area contributed by atoms with E-state index in [4.69, 9.17) is 10.5 Å². The van der Waals surface area contributed by atoms with E-state index in [-0.39, 0.29) is 0 Å². The highest BCUT2D eigenvalue weighted by atomic mass is 16.5. The van der Waals surface area contributed by atoms with Gasteiger partial charge in [-0.3, -0.25) is 0 Å². The first kappa shape index (κ1) is 10.8. The summed E-state index contributed by atoms with van der Waals surface area (Å²) in [7, 11) is 0. The lowest BCUT2D eigenvalue weighted by Crippen LogP contribution is -1.96. The van der Waals surface area contributed by atoms with Crippen LogP contribution in [0.5, 0.6) is 5.75 Å². The zero-order valence-electron chi connectivity index (χ0n) is 9.36. The molecule has 0 aliphatic heterocycles. The highest BCUT2D eigenvalue weighted by Crippen LogP contribution is 2.26. The Morgan fingerprint density at radius 1 is 1.31 bits per heavy atom. The van der Waals surface area contributed by atoms with E-state index in [0.717, 1.165) is 22.4 Å². The monoisotopic (exact) mass is 216 g/mol. The SMILES string of the molecule is CCOc1cccc(-c2c[nH]cc2CN)c1. The number of rotatable bonds is 4. The van der Waals surface area contributed by atoms with Gasteiger partial charge in [0.2, 0.25) is 0 Å². The van der Waals surface area contributed by atoms with Crippen LogP contribution in [0.1, 0.15) is 12.5 Å². The molecule has 2 rings (SSSR count). The van der Waals surface area contributed by atoms with Gasteiger partial charge in [0.1, 0.15) is 5.75 Å². The molecule has 0 amide bonds. The summed E-state index contributed by atoms with van der Waals surface area (Å²) in [5.41, 5.74) is 9.07. The van der Waals surface area contributed by atoms with Crippen LogP contribution in [0.3, 0.4) is 0 Å². The fraction of sp³-hybridized carbons (Fsp3) is 0.231. The van der Waals surface area contributed by atoms with Crippen molar-refractivity contribution in [1.29, 1.82) is 0 Å². The summed E-state index contributed by atoms with van der Waals surface area (Å²) in [4.78, 5) is 3.08. The summed E-state index contributed by atoms with van der Waals surface area (Å²) in [5.74, 6) is 0.893. The molecule has 16 heavy (non-hydrogen) atoms. The first-order valence-corrected chi connectivity index (χ1v) is 5.44. The summed E-state index contributed by atoms with van der Waals surface area (Å²) >= 11 is 0. The molecule has 0 spiro atoms. The molecule has 1 aromatic carbocycles. The molecule has 1 heterocycles. The van der Waals surface area contributed by atoms with E-state index in [1.807, 2.05) is 37.5 Å². The van der Waals surface area contributed by atoms with E-state index >= 15 is 0 Å². The number of hydrogen-bond acceptors (Lipinski definition) is 2. The minimum Gasteiger partial charge on any atom is -0.494 e. The molecule has 84 valence electrons. The molecule has 1 aromatic heterocycles. The standard InChI is InChI=1S/C13H16N2O/c1-2-16-12-5-3-4-10(6-12)13-9-15-8-11(13)7-14/h3-6,8-9,15H,2,7,14H2,1H3. The van der Waals surface area contributed by atoms with Gasteiger partial charge in [-0.05, 0) is 30.2 Å². The van der Waals surface area contributed by atoms with Crippen molar-refractivity contribution in [2.24, 2.45) is 5.73 Å². The number of nitrogens with one attached hydrogen (secondary N) is 1. The Morgan fingerprint density at radius 2 is 2.19 bits per heavy atom. The van der Waals surface area contributed by atoms with Crippen LogP contribution in [0, 0.1) is 0 Å². The van der Waals surface area contributed by atoms with Gasteiger partial charge in [0.05, 0.1) is 6.61 Å². The Hall–Kier alpha value is -1.74. The zero-order valence-corrected chi connectivity index (χ0v) is 9.36. The van der Waals surface area contributed by atoms with Crippen LogP contribution in [-0.2, 0) is 6.54 Å². The molecular weight excluding hydrogens is 200 g/mol. The second-order valence-corrected chi connectivity index (χ2v) is 3.56. The van der Waals surface area contributed by atoms with Crippen LogP contribution in [0.4, 0.5) is 0 Å². The van der Waals surface area contributed by atoms with Crippen molar-refractivity contribution in [3.63, 3.8) is 0 Å². The smallest absolute Gasteiger partial charge is 0.119 e. The molecule has 3 nitrogen and oxygen atoms in total. The molecule has 0 aliphatic rings. The van der Waals surface area contributed by atoms with Gasteiger partial charge in [-0.15, -0.1) is 0 Å². The maximum absolute atomic E-state index is 5.68. The molecule has 0 radical (unpaired) electrons. The summed E-state index contributed by atoms with van der Waals surface area (Å²) < 4.78 is 5.48. The lowest BCUT2D eigenvalue weighted by molar-refractivity contribution is 0.340. The van der Waals surface area contributed by atoms with Gasteiger partial charge < -0.3 is 15.5 Å². The number of ether oxygens (including phenoxy) is 1. The molecule has 0 atom stereocenters. The van der Waals surface area contributed by atoms with Gasteiger partial charge in [0.25, 0.3) is 0 Å². The fourth-order valence-corrected chi connectivity index (χ4v) is 1.75. The van der Waals surface area contributed by atoms with Crippen LogP contribution >= 0.6 is 0 Å². The van der Waals surface area contributed by atoms with E-state index < -0.39 is 0 Å². The number of aromatic nitrogens is 1. The van der Waals surface area contributed by atoms with Gasteiger partial charge >= 0.3 is 0 Å². The predicted octanol–water partition coefficient (Wildman–Crippen LogP) is 2.54. The third kappa shape index (κ3) is 2.09. The molecule has 0 aliphatic carbocycles. The quantitative estimate of drug-likeness (QED) is 0.825. The van der Waals surface area contributed by atoms with Crippen LogP contribution < -0.4 is 10.5 Å². The Balaban J connectivity index is 2.36. The summed E-state index contributed by atoms with van der Waals surface area (Å²) in [5, 5.41) is 0. The highest BCUT2D eigenvalue weighted by Gasteiger charge is 2.05. The maximum atomic E-state index is 5.68. The topological polar surface area (TPSA) is 51.0 Å².